The van der Waals surface area contributed by atoms with Crippen LogP contribution in [0.25, 0.3) is 0 Å². The predicted molar refractivity (Wildman–Crippen MR) is 75.7 cm³/mol. The molecule has 1 atom stereocenters. The molecule has 3 heteroatoms. The summed E-state index contributed by atoms with van der Waals surface area (Å²) < 4.78 is 0. The zero-order valence-electron chi connectivity index (χ0n) is 11.0. The third kappa shape index (κ3) is 5.57. The maximum Gasteiger partial charge on any atom is 0.0760 e. The zero-order chi connectivity index (χ0) is 12.7. The molecule has 96 valence electrons. The van der Waals surface area contributed by atoms with Gasteiger partial charge in [-0.25, -0.2) is 0 Å². The van der Waals surface area contributed by atoms with Crippen LogP contribution in [0.5, 0.6) is 0 Å². The van der Waals surface area contributed by atoms with Gasteiger partial charge in [-0.2, -0.15) is 0 Å². The first kappa shape index (κ1) is 14.6. The fraction of sp³-hybridized carbons (Fsp3) is 0.571. The number of nitrogens with zero attached hydrogens (tertiary/aromatic N) is 1. The van der Waals surface area contributed by atoms with Crippen molar-refractivity contribution in [2.75, 3.05) is 25.4 Å². The standard InChI is InChI=1S/C14H23NOS/c1-4-15(5-2)10-13(16)11-17-14-8-6-12(3)7-9-14/h6-9,13,16H,4-5,10-11H2,1-3H3/t13-/m1/s1. The van der Waals surface area contributed by atoms with E-state index in [4.69, 9.17) is 0 Å². The van der Waals surface area contributed by atoms with Crippen molar-refractivity contribution in [2.45, 2.75) is 31.8 Å². The monoisotopic (exact) mass is 253 g/mol. The van der Waals surface area contributed by atoms with Crippen LogP contribution in [0.4, 0.5) is 0 Å². The van der Waals surface area contributed by atoms with Crippen molar-refractivity contribution in [3.05, 3.63) is 29.8 Å². The molecule has 0 saturated carbocycles. The van der Waals surface area contributed by atoms with Gasteiger partial charge in [-0.15, -0.1) is 11.8 Å². The lowest BCUT2D eigenvalue weighted by molar-refractivity contribution is 0.137. The van der Waals surface area contributed by atoms with E-state index in [1.54, 1.807) is 11.8 Å². The number of hydrogen-bond acceptors (Lipinski definition) is 3. The molecular weight excluding hydrogens is 230 g/mol. The van der Waals surface area contributed by atoms with Gasteiger partial charge in [0.15, 0.2) is 0 Å². The fourth-order valence-corrected chi connectivity index (χ4v) is 2.48. The second kappa shape index (κ2) is 7.75. The minimum Gasteiger partial charge on any atom is -0.391 e. The molecule has 0 aliphatic heterocycles. The highest BCUT2D eigenvalue weighted by atomic mass is 32.2. The quantitative estimate of drug-likeness (QED) is 0.756. The van der Waals surface area contributed by atoms with Crippen LogP contribution < -0.4 is 0 Å². The lowest BCUT2D eigenvalue weighted by atomic mass is 10.2. The molecule has 0 saturated heterocycles. The topological polar surface area (TPSA) is 23.5 Å². The molecule has 0 amide bonds. The molecule has 0 bridgehead atoms. The predicted octanol–water partition coefficient (Wildman–Crippen LogP) is 2.79. The smallest absolute Gasteiger partial charge is 0.0760 e. The van der Waals surface area contributed by atoms with Gasteiger partial charge in [-0.1, -0.05) is 31.5 Å². The van der Waals surface area contributed by atoms with Crippen molar-refractivity contribution in [1.82, 2.24) is 4.90 Å². The van der Waals surface area contributed by atoms with Crippen molar-refractivity contribution >= 4 is 11.8 Å². The largest absolute Gasteiger partial charge is 0.391 e. The minimum atomic E-state index is -0.249. The highest BCUT2D eigenvalue weighted by molar-refractivity contribution is 7.99. The summed E-state index contributed by atoms with van der Waals surface area (Å²) in [6.45, 7) is 9.12. The van der Waals surface area contributed by atoms with Gasteiger partial charge in [0.1, 0.15) is 0 Å². The van der Waals surface area contributed by atoms with Crippen LogP contribution in [0.15, 0.2) is 29.2 Å². The highest BCUT2D eigenvalue weighted by Gasteiger charge is 2.09. The van der Waals surface area contributed by atoms with E-state index in [1.807, 2.05) is 0 Å². The molecule has 0 unspecified atom stereocenters. The molecule has 17 heavy (non-hydrogen) atoms. The molecule has 1 aromatic carbocycles. The second-order valence-corrected chi connectivity index (χ2v) is 5.36. The number of aliphatic hydroxyl groups is 1. The summed E-state index contributed by atoms with van der Waals surface area (Å²) >= 11 is 1.72. The van der Waals surface area contributed by atoms with Crippen molar-refractivity contribution in [3.63, 3.8) is 0 Å². The van der Waals surface area contributed by atoms with Crippen molar-refractivity contribution < 1.29 is 5.11 Å². The van der Waals surface area contributed by atoms with Crippen LogP contribution in [0.1, 0.15) is 19.4 Å². The van der Waals surface area contributed by atoms with Gasteiger partial charge >= 0.3 is 0 Å². The average molecular weight is 253 g/mol. The van der Waals surface area contributed by atoms with E-state index >= 15 is 0 Å². The number of thioether (sulfide) groups is 1. The minimum absolute atomic E-state index is 0.249. The zero-order valence-corrected chi connectivity index (χ0v) is 11.8. The Bertz CT molecular complexity index is 309. The lowest BCUT2D eigenvalue weighted by Gasteiger charge is -2.21. The van der Waals surface area contributed by atoms with E-state index in [-0.39, 0.29) is 6.10 Å². The van der Waals surface area contributed by atoms with E-state index in [0.29, 0.717) is 0 Å². The third-order valence-corrected chi connectivity index (χ3v) is 3.98. The molecule has 0 aromatic heterocycles. The SMILES string of the molecule is CCN(CC)C[C@@H](O)CSc1ccc(C)cc1. The number of aryl methyl sites for hydroxylation is 1. The molecule has 1 aromatic rings. The van der Waals surface area contributed by atoms with Gasteiger partial charge in [-0.05, 0) is 32.1 Å². The molecule has 0 radical (unpaired) electrons. The summed E-state index contributed by atoms with van der Waals surface area (Å²) in [6, 6.07) is 8.45. The van der Waals surface area contributed by atoms with Crippen LogP contribution >= 0.6 is 11.8 Å². The van der Waals surface area contributed by atoms with Crippen LogP contribution in [-0.2, 0) is 0 Å². The van der Waals surface area contributed by atoms with Crippen LogP contribution in [0, 0.1) is 6.92 Å². The third-order valence-electron chi connectivity index (χ3n) is 2.83. The first-order valence-corrected chi connectivity index (χ1v) is 7.24. The summed E-state index contributed by atoms with van der Waals surface area (Å²) in [6.07, 6.45) is -0.249. The van der Waals surface area contributed by atoms with Gasteiger partial charge in [-0.3, -0.25) is 0 Å². The maximum absolute atomic E-state index is 9.94. The van der Waals surface area contributed by atoms with Gasteiger partial charge in [0.25, 0.3) is 0 Å². The van der Waals surface area contributed by atoms with E-state index in [0.717, 1.165) is 25.4 Å². The first-order valence-electron chi connectivity index (χ1n) is 6.25. The fourth-order valence-electron chi connectivity index (χ4n) is 1.66. The van der Waals surface area contributed by atoms with Gasteiger partial charge in [0, 0.05) is 17.2 Å². The first-order chi connectivity index (χ1) is 8.15. The molecule has 1 rings (SSSR count). The molecule has 1 N–H and O–H groups in total. The van der Waals surface area contributed by atoms with Crippen molar-refractivity contribution in [3.8, 4) is 0 Å². The Hall–Kier alpha value is -0.510. The van der Waals surface area contributed by atoms with Crippen molar-refractivity contribution in [2.24, 2.45) is 0 Å². The van der Waals surface area contributed by atoms with Gasteiger partial charge < -0.3 is 10.0 Å². The van der Waals surface area contributed by atoms with Crippen molar-refractivity contribution in [1.29, 1.82) is 0 Å². The molecule has 0 heterocycles. The summed E-state index contributed by atoms with van der Waals surface area (Å²) in [5.41, 5.74) is 1.28. The Morgan fingerprint density at radius 1 is 1.18 bits per heavy atom. The molecule has 0 aliphatic rings. The normalized spacial score (nSPS) is 13.0. The van der Waals surface area contributed by atoms with Gasteiger partial charge in [0.05, 0.1) is 6.10 Å². The molecule has 0 fully saturated rings. The van der Waals surface area contributed by atoms with E-state index in [1.165, 1.54) is 10.5 Å². The molecule has 2 nitrogen and oxygen atoms in total. The molecule has 0 spiro atoms. The summed E-state index contributed by atoms with van der Waals surface area (Å²) in [5, 5.41) is 9.94. The van der Waals surface area contributed by atoms with E-state index in [2.05, 4.69) is 49.9 Å². The Morgan fingerprint density at radius 2 is 1.76 bits per heavy atom. The second-order valence-electron chi connectivity index (χ2n) is 4.26. The number of hydrogen-bond donors (Lipinski definition) is 1. The van der Waals surface area contributed by atoms with Crippen LogP contribution in [0.2, 0.25) is 0 Å². The Kier molecular flexibility index (Phi) is 6.63. The Balaban J connectivity index is 2.32. The van der Waals surface area contributed by atoms with Crippen LogP contribution in [0.3, 0.4) is 0 Å². The molecular formula is C14H23NOS. The van der Waals surface area contributed by atoms with E-state index < -0.39 is 0 Å². The number of benzene rings is 1. The summed E-state index contributed by atoms with van der Waals surface area (Å²) in [7, 11) is 0. The van der Waals surface area contributed by atoms with E-state index in [9.17, 15) is 5.11 Å². The number of aliphatic hydroxyl groups excluding tert-OH is 1. The Labute approximate surface area is 109 Å². The Morgan fingerprint density at radius 3 is 2.29 bits per heavy atom. The highest BCUT2D eigenvalue weighted by Crippen LogP contribution is 2.19. The number of rotatable bonds is 7. The van der Waals surface area contributed by atoms with Crippen LogP contribution in [-0.4, -0.2) is 41.5 Å². The summed E-state index contributed by atoms with van der Waals surface area (Å²) in [5.74, 6) is 0.763. The van der Waals surface area contributed by atoms with Gasteiger partial charge in [0.2, 0.25) is 0 Å². The average Bonchev–Trinajstić information content (AvgIpc) is 2.35. The number of likely N-dealkylation sites (N-methyl/N-ethyl adjacent to an activating group) is 1. The maximum atomic E-state index is 9.94. The lowest BCUT2D eigenvalue weighted by Crippen LogP contribution is -2.33. The summed E-state index contributed by atoms with van der Waals surface area (Å²) in [4.78, 5) is 3.48. The molecule has 0 aliphatic carbocycles.